The third-order valence-corrected chi connectivity index (χ3v) is 3.02. The number of ether oxygens (including phenoxy) is 2. The van der Waals surface area contributed by atoms with Crippen molar-refractivity contribution >= 4 is 15.9 Å². The predicted molar refractivity (Wildman–Crippen MR) is 53.6 cm³/mol. The van der Waals surface area contributed by atoms with Crippen LogP contribution in [-0.2, 0) is 6.54 Å². The summed E-state index contributed by atoms with van der Waals surface area (Å²) in [7, 11) is 0. The van der Waals surface area contributed by atoms with Gasteiger partial charge in [-0.3, -0.25) is 0 Å². The van der Waals surface area contributed by atoms with E-state index >= 15 is 0 Å². The first kappa shape index (κ1) is 9.76. The Morgan fingerprint density at radius 1 is 1.57 bits per heavy atom. The second kappa shape index (κ2) is 3.76. The smallest absolute Gasteiger partial charge is 0.231 e. The van der Waals surface area contributed by atoms with Gasteiger partial charge in [0, 0.05) is 6.54 Å². The molecule has 1 aromatic rings. The maximum absolute atomic E-state index is 8.67. The molecule has 76 valence electrons. The van der Waals surface area contributed by atoms with Crippen molar-refractivity contribution < 1.29 is 14.7 Å². The highest BCUT2D eigenvalue weighted by Crippen LogP contribution is 2.42. The van der Waals surface area contributed by atoms with Gasteiger partial charge in [-0.15, -0.1) is 0 Å². The molecule has 2 N–H and O–H groups in total. The molecule has 1 aliphatic rings. The van der Waals surface area contributed by atoms with Crippen LogP contribution in [0.25, 0.3) is 0 Å². The van der Waals surface area contributed by atoms with Gasteiger partial charge in [0.15, 0.2) is 11.5 Å². The van der Waals surface area contributed by atoms with Crippen LogP contribution < -0.4 is 15.0 Å². The molecule has 14 heavy (non-hydrogen) atoms. The van der Waals surface area contributed by atoms with E-state index in [2.05, 4.69) is 21.4 Å². The zero-order valence-electron chi connectivity index (χ0n) is 7.63. The molecule has 5 heteroatoms. The molecule has 0 atom stereocenters. The number of hydroxylamine groups is 1. The van der Waals surface area contributed by atoms with Crippen molar-refractivity contribution in [1.29, 1.82) is 0 Å². The molecular formula is C9H10BrNO3. The highest BCUT2D eigenvalue weighted by Gasteiger charge is 2.20. The first-order chi connectivity index (χ1) is 6.74. The van der Waals surface area contributed by atoms with Crippen LogP contribution in [0, 0.1) is 6.92 Å². The topological polar surface area (TPSA) is 50.7 Å². The molecule has 0 radical (unpaired) electrons. The Morgan fingerprint density at radius 3 is 3.07 bits per heavy atom. The average molecular weight is 260 g/mol. The van der Waals surface area contributed by atoms with E-state index in [-0.39, 0.29) is 6.79 Å². The Kier molecular flexibility index (Phi) is 2.62. The Labute approximate surface area is 89.9 Å². The SMILES string of the molecule is Cc1cc2c(c(Br)c1CNO)OCO2. The van der Waals surface area contributed by atoms with Crippen molar-refractivity contribution in [3.05, 3.63) is 21.7 Å². The average Bonchev–Trinajstić information content (AvgIpc) is 2.60. The van der Waals surface area contributed by atoms with Crippen LogP contribution in [0.1, 0.15) is 11.1 Å². The second-order valence-corrected chi connectivity index (χ2v) is 3.85. The van der Waals surface area contributed by atoms with Crippen molar-refractivity contribution in [2.75, 3.05) is 6.79 Å². The summed E-state index contributed by atoms with van der Waals surface area (Å²) < 4.78 is 11.4. The molecule has 1 aromatic carbocycles. The Morgan fingerprint density at radius 2 is 2.36 bits per heavy atom. The Bertz CT molecular complexity index is 368. The fourth-order valence-electron chi connectivity index (χ4n) is 1.46. The number of nitrogens with one attached hydrogen (secondary N) is 1. The van der Waals surface area contributed by atoms with Crippen LogP contribution >= 0.6 is 15.9 Å². The van der Waals surface area contributed by atoms with Gasteiger partial charge < -0.3 is 14.7 Å². The first-order valence-electron chi connectivity index (χ1n) is 4.18. The van der Waals surface area contributed by atoms with Gasteiger partial charge in [0.2, 0.25) is 6.79 Å². The highest BCUT2D eigenvalue weighted by atomic mass is 79.9. The molecule has 4 nitrogen and oxygen atoms in total. The van der Waals surface area contributed by atoms with Crippen molar-refractivity contribution in [2.24, 2.45) is 0 Å². The number of rotatable bonds is 2. The lowest BCUT2D eigenvalue weighted by Crippen LogP contribution is -2.08. The lowest BCUT2D eigenvalue weighted by Gasteiger charge is -2.09. The first-order valence-corrected chi connectivity index (χ1v) is 4.98. The van der Waals surface area contributed by atoms with E-state index in [9.17, 15) is 0 Å². The van der Waals surface area contributed by atoms with Gasteiger partial charge >= 0.3 is 0 Å². The zero-order valence-corrected chi connectivity index (χ0v) is 9.22. The lowest BCUT2D eigenvalue weighted by molar-refractivity contribution is 0.160. The maximum atomic E-state index is 8.67. The van der Waals surface area contributed by atoms with Crippen LogP contribution in [-0.4, -0.2) is 12.0 Å². The third-order valence-electron chi connectivity index (χ3n) is 2.19. The fraction of sp³-hybridized carbons (Fsp3) is 0.333. The van der Waals surface area contributed by atoms with Crippen LogP contribution in [0.5, 0.6) is 11.5 Å². The number of fused-ring (bicyclic) bond motifs is 1. The molecule has 0 aromatic heterocycles. The summed E-state index contributed by atoms with van der Waals surface area (Å²) in [5.41, 5.74) is 4.14. The fourth-order valence-corrected chi connectivity index (χ4v) is 2.22. The molecule has 1 aliphatic heterocycles. The van der Waals surface area contributed by atoms with Gasteiger partial charge in [0.25, 0.3) is 0 Å². The Balaban J connectivity index is 2.51. The lowest BCUT2D eigenvalue weighted by atomic mass is 10.1. The van der Waals surface area contributed by atoms with Crippen LogP contribution in [0.2, 0.25) is 0 Å². The summed E-state index contributed by atoms with van der Waals surface area (Å²) >= 11 is 3.43. The molecule has 0 amide bonds. The second-order valence-electron chi connectivity index (χ2n) is 3.05. The highest BCUT2D eigenvalue weighted by molar-refractivity contribution is 9.10. The van der Waals surface area contributed by atoms with Crippen molar-refractivity contribution in [3.63, 3.8) is 0 Å². The van der Waals surface area contributed by atoms with E-state index < -0.39 is 0 Å². The van der Waals surface area contributed by atoms with E-state index in [1.807, 2.05) is 13.0 Å². The minimum absolute atomic E-state index is 0.253. The monoisotopic (exact) mass is 259 g/mol. The zero-order chi connectivity index (χ0) is 10.1. The van der Waals surface area contributed by atoms with Crippen LogP contribution in [0.15, 0.2) is 10.5 Å². The van der Waals surface area contributed by atoms with Crippen LogP contribution in [0.3, 0.4) is 0 Å². The summed E-state index contributed by atoms with van der Waals surface area (Å²) in [5.74, 6) is 1.46. The number of hydrogen-bond acceptors (Lipinski definition) is 4. The predicted octanol–water partition coefficient (Wildman–Crippen LogP) is 1.97. The van der Waals surface area contributed by atoms with Crippen molar-refractivity contribution in [3.8, 4) is 11.5 Å². The van der Waals surface area contributed by atoms with Gasteiger partial charge in [-0.25, -0.2) is 5.48 Å². The summed E-state index contributed by atoms with van der Waals surface area (Å²) in [6.45, 7) is 2.59. The minimum atomic E-state index is 0.253. The molecule has 1 heterocycles. The Hall–Kier alpha value is -0.780. The van der Waals surface area contributed by atoms with Gasteiger partial charge in [0.1, 0.15) is 0 Å². The number of benzene rings is 1. The molecule has 0 saturated carbocycles. The van der Waals surface area contributed by atoms with E-state index in [4.69, 9.17) is 14.7 Å². The van der Waals surface area contributed by atoms with Crippen molar-refractivity contribution in [2.45, 2.75) is 13.5 Å². The van der Waals surface area contributed by atoms with Gasteiger partial charge in [-0.2, -0.15) is 0 Å². The standard InChI is InChI=1S/C9H10BrNO3/c1-5-2-7-9(14-4-13-7)8(10)6(5)3-11-12/h2,11-12H,3-4H2,1H3. The van der Waals surface area contributed by atoms with Gasteiger partial charge in [-0.1, -0.05) is 0 Å². The molecular weight excluding hydrogens is 250 g/mol. The van der Waals surface area contributed by atoms with Crippen molar-refractivity contribution in [1.82, 2.24) is 5.48 Å². The number of hydrogen-bond donors (Lipinski definition) is 2. The molecule has 0 spiro atoms. The van der Waals surface area contributed by atoms with E-state index in [1.54, 1.807) is 0 Å². The van der Waals surface area contributed by atoms with Crippen LogP contribution in [0.4, 0.5) is 0 Å². The summed E-state index contributed by atoms with van der Waals surface area (Å²) in [6, 6.07) is 1.90. The number of aryl methyl sites for hydroxylation is 1. The van der Waals surface area contributed by atoms with E-state index in [1.165, 1.54) is 0 Å². The molecule has 0 saturated heterocycles. The van der Waals surface area contributed by atoms with E-state index in [0.29, 0.717) is 12.3 Å². The normalized spacial score (nSPS) is 13.4. The number of halogens is 1. The molecule has 2 rings (SSSR count). The summed E-state index contributed by atoms with van der Waals surface area (Å²) in [4.78, 5) is 0. The molecule has 0 unspecified atom stereocenters. The van der Waals surface area contributed by atoms with E-state index in [0.717, 1.165) is 21.3 Å². The molecule has 0 bridgehead atoms. The maximum Gasteiger partial charge on any atom is 0.231 e. The van der Waals surface area contributed by atoms with Gasteiger partial charge in [0.05, 0.1) is 4.47 Å². The largest absolute Gasteiger partial charge is 0.454 e. The summed E-state index contributed by atoms with van der Waals surface area (Å²) in [5, 5.41) is 8.67. The quantitative estimate of drug-likeness (QED) is 0.798. The van der Waals surface area contributed by atoms with Gasteiger partial charge in [-0.05, 0) is 40.0 Å². The summed E-state index contributed by atoms with van der Waals surface area (Å²) in [6.07, 6.45) is 0. The third kappa shape index (κ3) is 1.47. The molecule has 0 aliphatic carbocycles. The molecule has 0 fully saturated rings. The minimum Gasteiger partial charge on any atom is -0.454 e.